The predicted octanol–water partition coefficient (Wildman–Crippen LogP) is 3.64. The number of hydrogen-bond acceptors (Lipinski definition) is 3. The number of benzene rings is 1. The van der Waals surface area contributed by atoms with Crippen LogP contribution in [0.15, 0.2) is 22.7 Å². The number of nitro groups is 1. The van der Waals surface area contributed by atoms with Crippen molar-refractivity contribution in [2.45, 2.75) is 32.2 Å². The summed E-state index contributed by atoms with van der Waals surface area (Å²) in [7, 11) is 0. The van der Waals surface area contributed by atoms with Gasteiger partial charge in [-0.25, -0.2) is 0 Å². The Morgan fingerprint density at radius 3 is 2.83 bits per heavy atom. The Balaban J connectivity index is 1.84. The van der Waals surface area contributed by atoms with Gasteiger partial charge in [0.25, 0.3) is 5.69 Å². The molecule has 0 radical (unpaired) electrons. The minimum absolute atomic E-state index is 0.133. The molecule has 18 heavy (non-hydrogen) atoms. The maximum absolute atomic E-state index is 10.8. The molecule has 5 heteroatoms. The number of nitrogens with zero attached hydrogens (tertiary/aromatic N) is 1. The van der Waals surface area contributed by atoms with E-state index in [0.29, 0.717) is 11.0 Å². The largest absolute Gasteiger partial charge is 0.313 e. The Hall–Kier alpha value is -0.940. The van der Waals surface area contributed by atoms with Crippen LogP contribution in [0, 0.1) is 16.0 Å². The smallest absolute Gasteiger partial charge is 0.283 e. The Labute approximate surface area is 115 Å². The first-order chi connectivity index (χ1) is 8.68. The van der Waals surface area contributed by atoms with Crippen LogP contribution in [-0.4, -0.2) is 11.5 Å². The average Bonchev–Trinajstić information content (AvgIpc) is 2.28. The molecule has 0 amide bonds. The molecule has 0 unspecified atom stereocenters. The molecule has 1 N–H and O–H groups in total. The lowest BCUT2D eigenvalue weighted by Gasteiger charge is -2.25. The fourth-order valence-electron chi connectivity index (χ4n) is 2.15. The molecule has 0 aliphatic heterocycles. The zero-order valence-electron chi connectivity index (χ0n) is 10.2. The topological polar surface area (TPSA) is 55.2 Å². The molecule has 0 atom stereocenters. The van der Waals surface area contributed by atoms with E-state index in [1.807, 2.05) is 6.07 Å². The molecule has 98 valence electrons. The van der Waals surface area contributed by atoms with E-state index in [0.717, 1.165) is 18.0 Å². The highest BCUT2D eigenvalue weighted by Gasteiger charge is 2.17. The maximum atomic E-state index is 10.8. The Kier molecular flexibility index (Phi) is 4.72. The standard InChI is InChI=1S/C13H17BrN2O2/c14-13-11(5-2-6-12(13)16(17)18)9-15-8-7-10-3-1-4-10/h2,5-6,10,15H,1,3-4,7-9H2. The lowest BCUT2D eigenvalue weighted by Crippen LogP contribution is -2.21. The van der Waals surface area contributed by atoms with E-state index < -0.39 is 0 Å². The van der Waals surface area contributed by atoms with Crippen molar-refractivity contribution in [3.05, 3.63) is 38.3 Å². The van der Waals surface area contributed by atoms with Crippen molar-refractivity contribution in [2.75, 3.05) is 6.54 Å². The summed E-state index contributed by atoms with van der Waals surface area (Å²) in [5.41, 5.74) is 1.08. The number of rotatable bonds is 6. The van der Waals surface area contributed by atoms with Gasteiger partial charge >= 0.3 is 0 Å². The first-order valence-corrected chi connectivity index (χ1v) is 7.10. The average molecular weight is 313 g/mol. The monoisotopic (exact) mass is 312 g/mol. The Morgan fingerprint density at radius 2 is 2.22 bits per heavy atom. The van der Waals surface area contributed by atoms with Gasteiger partial charge in [-0.15, -0.1) is 0 Å². The molecule has 1 saturated carbocycles. The third-order valence-corrected chi connectivity index (χ3v) is 4.44. The van der Waals surface area contributed by atoms with Crippen LogP contribution in [0.1, 0.15) is 31.2 Å². The lowest BCUT2D eigenvalue weighted by atomic mass is 9.83. The summed E-state index contributed by atoms with van der Waals surface area (Å²) in [6.07, 6.45) is 5.32. The van der Waals surface area contributed by atoms with Crippen molar-refractivity contribution in [1.82, 2.24) is 5.32 Å². The summed E-state index contributed by atoms with van der Waals surface area (Å²) in [4.78, 5) is 10.4. The van der Waals surface area contributed by atoms with Crippen LogP contribution in [0.3, 0.4) is 0 Å². The highest BCUT2D eigenvalue weighted by atomic mass is 79.9. The first-order valence-electron chi connectivity index (χ1n) is 6.31. The summed E-state index contributed by atoms with van der Waals surface area (Å²) >= 11 is 3.31. The van der Waals surface area contributed by atoms with Crippen molar-refractivity contribution in [3.63, 3.8) is 0 Å². The molecular weight excluding hydrogens is 296 g/mol. The second kappa shape index (κ2) is 6.29. The van der Waals surface area contributed by atoms with Crippen LogP contribution in [-0.2, 0) is 6.54 Å². The molecule has 0 bridgehead atoms. The Morgan fingerprint density at radius 1 is 1.44 bits per heavy atom. The van der Waals surface area contributed by atoms with E-state index in [9.17, 15) is 10.1 Å². The molecule has 1 aliphatic carbocycles. The van der Waals surface area contributed by atoms with Crippen LogP contribution in [0.25, 0.3) is 0 Å². The third kappa shape index (κ3) is 3.29. The number of nitro benzene ring substituents is 1. The lowest BCUT2D eigenvalue weighted by molar-refractivity contribution is -0.385. The summed E-state index contributed by atoms with van der Waals surface area (Å²) in [6.45, 7) is 1.66. The zero-order chi connectivity index (χ0) is 13.0. The highest BCUT2D eigenvalue weighted by Crippen LogP contribution is 2.29. The van der Waals surface area contributed by atoms with Crippen LogP contribution >= 0.6 is 15.9 Å². The molecule has 1 aromatic carbocycles. The molecule has 1 aliphatic rings. The molecule has 0 heterocycles. The van der Waals surface area contributed by atoms with Crippen LogP contribution in [0.2, 0.25) is 0 Å². The van der Waals surface area contributed by atoms with E-state index in [1.54, 1.807) is 6.07 Å². The molecule has 0 saturated heterocycles. The molecular formula is C13H17BrN2O2. The summed E-state index contributed by atoms with van der Waals surface area (Å²) in [5, 5.41) is 14.2. The normalized spacial score (nSPS) is 15.4. The van der Waals surface area contributed by atoms with Crippen LogP contribution < -0.4 is 5.32 Å². The molecule has 0 spiro atoms. The van der Waals surface area contributed by atoms with Crippen molar-refractivity contribution in [1.29, 1.82) is 0 Å². The summed E-state index contributed by atoms with van der Waals surface area (Å²) in [5.74, 6) is 0.894. The highest BCUT2D eigenvalue weighted by molar-refractivity contribution is 9.10. The van der Waals surface area contributed by atoms with Gasteiger partial charge in [0, 0.05) is 12.6 Å². The summed E-state index contributed by atoms with van der Waals surface area (Å²) < 4.78 is 0.589. The maximum Gasteiger partial charge on any atom is 0.283 e. The number of halogens is 1. The van der Waals surface area contributed by atoms with E-state index in [1.165, 1.54) is 31.7 Å². The van der Waals surface area contributed by atoms with E-state index in [2.05, 4.69) is 21.2 Å². The van der Waals surface area contributed by atoms with Gasteiger partial charge in [0.05, 0.1) is 9.40 Å². The third-order valence-electron chi connectivity index (χ3n) is 3.52. The second-order valence-electron chi connectivity index (χ2n) is 4.77. The van der Waals surface area contributed by atoms with Gasteiger partial charge in [-0.05, 0) is 40.4 Å². The minimum Gasteiger partial charge on any atom is -0.313 e. The van der Waals surface area contributed by atoms with E-state index in [4.69, 9.17) is 0 Å². The van der Waals surface area contributed by atoms with Crippen molar-refractivity contribution < 1.29 is 4.92 Å². The van der Waals surface area contributed by atoms with Gasteiger partial charge in [-0.3, -0.25) is 10.1 Å². The van der Waals surface area contributed by atoms with Gasteiger partial charge < -0.3 is 5.32 Å². The second-order valence-corrected chi connectivity index (χ2v) is 5.56. The molecule has 1 fully saturated rings. The first kappa shape index (κ1) is 13.5. The number of hydrogen-bond donors (Lipinski definition) is 1. The van der Waals surface area contributed by atoms with Crippen molar-refractivity contribution in [2.24, 2.45) is 5.92 Å². The summed E-state index contributed by atoms with van der Waals surface area (Å²) in [6, 6.07) is 5.15. The molecule has 4 nitrogen and oxygen atoms in total. The quantitative estimate of drug-likeness (QED) is 0.495. The van der Waals surface area contributed by atoms with Gasteiger partial charge in [0.2, 0.25) is 0 Å². The van der Waals surface area contributed by atoms with Crippen LogP contribution in [0.5, 0.6) is 0 Å². The van der Waals surface area contributed by atoms with E-state index >= 15 is 0 Å². The molecule has 0 aromatic heterocycles. The van der Waals surface area contributed by atoms with Crippen molar-refractivity contribution in [3.8, 4) is 0 Å². The van der Waals surface area contributed by atoms with Gasteiger partial charge in [0.15, 0.2) is 0 Å². The van der Waals surface area contributed by atoms with E-state index in [-0.39, 0.29) is 10.6 Å². The van der Waals surface area contributed by atoms with Gasteiger partial charge in [0.1, 0.15) is 0 Å². The predicted molar refractivity (Wildman–Crippen MR) is 74.5 cm³/mol. The van der Waals surface area contributed by atoms with Gasteiger partial charge in [-0.2, -0.15) is 0 Å². The fraction of sp³-hybridized carbons (Fsp3) is 0.538. The molecule has 2 rings (SSSR count). The van der Waals surface area contributed by atoms with Crippen molar-refractivity contribution >= 4 is 21.6 Å². The Bertz CT molecular complexity index is 433. The zero-order valence-corrected chi connectivity index (χ0v) is 11.8. The fourth-order valence-corrected chi connectivity index (χ4v) is 2.70. The minimum atomic E-state index is -0.359. The SMILES string of the molecule is O=[N+]([O-])c1cccc(CNCCC2CCC2)c1Br. The van der Waals surface area contributed by atoms with Gasteiger partial charge in [-0.1, -0.05) is 31.4 Å². The van der Waals surface area contributed by atoms with Crippen LogP contribution in [0.4, 0.5) is 5.69 Å². The number of nitrogens with one attached hydrogen (secondary N) is 1. The molecule has 1 aromatic rings.